The lowest BCUT2D eigenvalue weighted by Gasteiger charge is -2.41. The van der Waals surface area contributed by atoms with E-state index in [-0.39, 0.29) is 25.2 Å². The molecule has 51 heavy (non-hydrogen) atoms. The lowest BCUT2D eigenvalue weighted by molar-refractivity contribution is -0.262. The van der Waals surface area contributed by atoms with Crippen LogP contribution in [0.15, 0.2) is 0 Å². The summed E-state index contributed by atoms with van der Waals surface area (Å²) in [7, 11) is -5.84. The summed E-state index contributed by atoms with van der Waals surface area (Å²) in [4.78, 5) is 41.0. The number of rotatable bonds is 18. The van der Waals surface area contributed by atoms with Gasteiger partial charge in [0, 0.05) is 11.8 Å². The fraction of sp³-hybridized carbons (Fsp3) is 0.912. The summed E-state index contributed by atoms with van der Waals surface area (Å²) in [6.07, 6.45) is -8.16. The van der Waals surface area contributed by atoms with Crippen LogP contribution in [0, 0.1) is 28.1 Å². The molecule has 0 aliphatic carbocycles. The summed E-state index contributed by atoms with van der Waals surface area (Å²) in [5, 5.41) is 10.2. The number of alkyl halides is 6. The highest BCUT2D eigenvalue weighted by Gasteiger charge is 2.53. The predicted molar refractivity (Wildman–Crippen MR) is 178 cm³/mol. The van der Waals surface area contributed by atoms with E-state index in [4.69, 9.17) is 14.2 Å². The second-order valence-electron chi connectivity index (χ2n) is 17.1. The van der Waals surface area contributed by atoms with Crippen LogP contribution in [0.25, 0.3) is 0 Å². The Morgan fingerprint density at radius 2 is 1.27 bits per heavy atom. The molecule has 0 fully saturated rings. The maximum atomic E-state index is 13.9. The number of carbonyl (C=O) groups is 3. The summed E-state index contributed by atoms with van der Waals surface area (Å²) in [5.41, 5.74) is -15.7. The Kier molecular flexibility index (Phi) is 15.8. The highest BCUT2D eigenvalue weighted by molar-refractivity contribution is 7.90. The van der Waals surface area contributed by atoms with Crippen molar-refractivity contribution in [1.29, 1.82) is 0 Å². The Bertz CT molecular complexity index is 1320. The number of ether oxygens (including phenoxy) is 3. The van der Waals surface area contributed by atoms with Gasteiger partial charge in [0.05, 0.1) is 22.3 Å². The van der Waals surface area contributed by atoms with Crippen LogP contribution in [0.4, 0.5) is 26.3 Å². The van der Waals surface area contributed by atoms with Crippen molar-refractivity contribution in [2.75, 3.05) is 6.61 Å². The van der Waals surface area contributed by atoms with Gasteiger partial charge in [0.15, 0.2) is 5.60 Å². The molecule has 0 aliphatic rings. The average molecular weight is 772 g/mol. The molecule has 0 saturated heterocycles. The minimum atomic E-state index is -5.84. The summed E-state index contributed by atoms with van der Waals surface area (Å²) in [6.45, 7) is 19.9. The van der Waals surface area contributed by atoms with E-state index in [1.54, 1.807) is 34.6 Å². The number of nitrogens with one attached hydrogen (secondary N) is 1. The number of hydrogen-bond donors (Lipinski definition) is 2. The van der Waals surface area contributed by atoms with Crippen LogP contribution in [0.2, 0.25) is 0 Å². The van der Waals surface area contributed by atoms with Crippen LogP contribution < -0.4 is 4.72 Å². The molecule has 0 aromatic carbocycles. The number of aliphatic hydroxyl groups is 1. The summed E-state index contributed by atoms with van der Waals surface area (Å²) < 4.78 is 122. The molecule has 17 heteroatoms. The third-order valence-corrected chi connectivity index (χ3v) is 10.8. The van der Waals surface area contributed by atoms with Gasteiger partial charge in [-0.25, -0.2) is 8.42 Å². The number of carbonyl (C=O) groups excluding carboxylic acids is 3. The van der Waals surface area contributed by atoms with Gasteiger partial charge in [-0.15, -0.1) is 0 Å². The van der Waals surface area contributed by atoms with E-state index in [0.29, 0.717) is 6.92 Å². The quantitative estimate of drug-likeness (QED) is 0.0817. The summed E-state index contributed by atoms with van der Waals surface area (Å²) >= 11 is 0. The molecular formula is C34H59F6NO9S. The van der Waals surface area contributed by atoms with Crippen LogP contribution in [0.5, 0.6) is 0 Å². The number of esters is 3. The molecule has 0 radical (unpaired) electrons. The number of hydrogen-bond acceptors (Lipinski definition) is 9. The maximum Gasteiger partial charge on any atom is 0.511 e. The van der Waals surface area contributed by atoms with Gasteiger partial charge in [-0.05, 0) is 80.1 Å². The van der Waals surface area contributed by atoms with Crippen LogP contribution in [-0.4, -0.2) is 72.6 Å². The van der Waals surface area contributed by atoms with Crippen molar-refractivity contribution in [3.05, 3.63) is 0 Å². The zero-order valence-electron chi connectivity index (χ0n) is 32.4. The number of sulfonamides is 1. The number of halogens is 6. The minimum Gasteiger partial charge on any atom is -0.463 e. The molecule has 0 aromatic heterocycles. The Hall–Kier alpha value is -2.14. The lowest BCUT2D eigenvalue weighted by Crippen LogP contribution is -2.52. The van der Waals surface area contributed by atoms with E-state index in [1.807, 2.05) is 20.8 Å². The fourth-order valence-electron chi connectivity index (χ4n) is 5.12. The molecule has 0 amide bonds. The van der Waals surface area contributed by atoms with E-state index in [1.165, 1.54) is 25.5 Å². The lowest BCUT2D eigenvalue weighted by atomic mass is 9.68. The van der Waals surface area contributed by atoms with Crippen LogP contribution in [0.3, 0.4) is 0 Å². The minimum absolute atomic E-state index is 0.0223. The predicted octanol–water partition coefficient (Wildman–Crippen LogP) is 7.62. The zero-order chi connectivity index (χ0) is 41.0. The molecule has 0 spiro atoms. The van der Waals surface area contributed by atoms with E-state index < -0.39 is 104 Å². The van der Waals surface area contributed by atoms with Gasteiger partial charge < -0.3 is 19.3 Å². The average Bonchev–Trinajstić information content (AvgIpc) is 2.88. The first-order valence-corrected chi connectivity index (χ1v) is 18.3. The molecule has 302 valence electrons. The standard InChI is InChI=1S/C34H59F6NO9S/c1-15-30(12,26(44)49-23(16-21(2)3)18-32(14,45)33(35,36)37)19-31(13,17-22(4)24(42)50-29(10,11)27(5,6)7)25(43)48-20-28(8,9)41-51(46,47)34(38,39)40/h21-23,41,45H,15-20H2,1-14H3. The van der Waals surface area contributed by atoms with E-state index >= 15 is 0 Å². The van der Waals surface area contributed by atoms with E-state index in [0.717, 1.165) is 13.8 Å². The zero-order valence-corrected chi connectivity index (χ0v) is 33.2. The van der Waals surface area contributed by atoms with Crippen molar-refractivity contribution in [2.24, 2.45) is 28.1 Å². The van der Waals surface area contributed by atoms with Crippen molar-refractivity contribution in [3.63, 3.8) is 0 Å². The first-order valence-electron chi connectivity index (χ1n) is 16.8. The summed E-state index contributed by atoms with van der Waals surface area (Å²) in [5.74, 6) is -4.06. The van der Waals surface area contributed by atoms with Gasteiger partial charge in [0.2, 0.25) is 0 Å². The first kappa shape index (κ1) is 48.9. The smallest absolute Gasteiger partial charge is 0.463 e. The Morgan fingerprint density at radius 1 is 0.784 bits per heavy atom. The Morgan fingerprint density at radius 3 is 1.67 bits per heavy atom. The molecular weight excluding hydrogens is 712 g/mol. The second-order valence-corrected chi connectivity index (χ2v) is 18.8. The highest BCUT2D eigenvalue weighted by atomic mass is 32.2. The van der Waals surface area contributed by atoms with Crippen molar-refractivity contribution >= 4 is 27.9 Å². The Balaban J connectivity index is 6.74. The fourth-order valence-corrected chi connectivity index (χ4v) is 6.02. The largest absolute Gasteiger partial charge is 0.511 e. The topological polar surface area (TPSA) is 145 Å². The van der Waals surface area contributed by atoms with Gasteiger partial charge in [-0.2, -0.15) is 31.1 Å². The SMILES string of the molecule is CCC(C)(CC(C)(CC(C)C(=O)OC(C)(C)C(C)(C)C)C(=O)OCC(C)(C)NS(=O)(=O)C(F)(F)F)C(=O)OC(CC(C)C)CC(C)(O)C(F)(F)F. The monoisotopic (exact) mass is 771 g/mol. The molecule has 0 heterocycles. The van der Waals surface area contributed by atoms with Gasteiger partial charge in [0.25, 0.3) is 0 Å². The van der Waals surface area contributed by atoms with E-state index in [2.05, 4.69) is 0 Å². The maximum absolute atomic E-state index is 13.9. The Labute approximate surface area is 299 Å². The van der Waals surface area contributed by atoms with Crippen molar-refractivity contribution in [1.82, 2.24) is 4.72 Å². The van der Waals surface area contributed by atoms with Crippen LogP contribution in [0.1, 0.15) is 129 Å². The van der Waals surface area contributed by atoms with Gasteiger partial charge in [-0.3, -0.25) is 14.4 Å². The van der Waals surface area contributed by atoms with Crippen molar-refractivity contribution < 1.29 is 68.5 Å². The molecule has 0 saturated carbocycles. The molecule has 10 nitrogen and oxygen atoms in total. The molecule has 2 N–H and O–H groups in total. The second kappa shape index (κ2) is 16.5. The highest BCUT2D eigenvalue weighted by Crippen LogP contribution is 2.45. The van der Waals surface area contributed by atoms with Gasteiger partial charge >= 0.3 is 39.6 Å². The molecule has 0 aromatic rings. The van der Waals surface area contributed by atoms with E-state index in [9.17, 15) is 54.3 Å². The molecule has 0 bridgehead atoms. The van der Waals surface area contributed by atoms with Crippen molar-refractivity contribution in [3.8, 4) is 0 Å². The van der Waals surface area contributed by atoms with Crippen LogP contribution >= 0.6 is 0 Å². The summed E-state index contributed by atoms with van der Waals surface area (Å²) in [6, 6.07) is 0. The van der Waals surface area contributed by atoms with Gasteiger partial charge in [0.1, 0.15) is 18.3 Å². The first-order chi connectivity index (χ1) is 22.3. The normalized spacial score (nSPS) is 18.5. The molecule has 0 aliphatic heterocycles. The molecule has 5 atom stereocenters. The molecule has 5 unspecified atom stereocenters. The van der Waals surface area contributed by atoms with Gasteiger partial charge in [-0.1, -0.05) is 48.5 Å². The van der Waals surface area contributed by atoms with Crippen molar-refractivity contribution in [2.45, 2.75) is 164 Å². The molecule has 0 rings (SSSR count). The third kappa shape index (κ3) is 14.0. The van der Waals surface area contributed by atoms with Crippen LogP contribution in [-0.2, 0) is 38.6 Å². The third-order valence-electron chi connectivity index (χ3n) is 9.39.